The Morgan fingerprint density at radius 2 is 1.93 bits per heavy atom. The highest BCUT2D eigenvalue weighted by Crippen LogP contribution is 2.24. The summed E-state index contributed by atoms with van der Waals surface area (Å²) >= 11 is 6.26. The third-order valence-electron chi connectivity index (χ3n) is 5.18. The van der Waals surface area contributed by atoms with Gasteiger partial charge >= 0.3 is 0 Å². The van der Waals surface area contributed by atoms with Crippen LogP contribution in [0.2, 0.25) is 5.02 Å². The summed E-state index contributed by atoms with van der Waals surface area (Å²) in [7, 11) is 0. The predicted octanol–water partition coefficient (Wildman–Crippen LogP) is 1.99. The van der Waals surface area contributed by atoms with E-state index in [-0.39, 0.29) is 22.7 Å². The van der Waals surface area contributed by atoms with Gasteiger partial charge in [-0.25, -0.2) is 8.78 Å². The quantitative estimate of drug-likeness (QED) is 0.754. The first-order chi connectivity index (χ1) is 14.0. The topological polar surface area (TPSA) is 67.7 Å². The lowest BCUT2D eigenvalue weighted by molar-refractivity contribution is -0.141. The lowest BCUT2D eigenvalue weighted by atomic mass is 10.2. The van der Waals surface area contributed by atoms with Gasteiger partial charge in [0, 0.05) is 38.9 Å². The maximum Gasteiger partial charge on any atom is 0.292 e. The number of nitrogens with zero attached hydrogens (tertiary/aromatic N) is 4. The number of carbonyl (C=O) groups excluding carboxylic acids is 1. The van der Waals surface area contributed by atoms with E-state index in [0.29, 0.717) is 44.5 Å². The predicted molar refractivity (Wildman–Crippen MR) is 103 cm³/mol. The molecule has 0 bridgehead atoms. The van der Waals surface area contributed by atoms with Crippen molar-refractivity contribution in [1.29, 1.82) is 0 Å². The number of halogens is 3. The van der Waals surface area contributed by atoms with Crippen molar-refractivity contribution >= 4 is 23.2 Å². The summed E-state index contributed by atoms with van der Waals surface area (Å²) in [6.45, 7) is 2.53. The molecule has 2 aliphatic heterocycles. The maximum absolute atomic E-state index is 14.0. The molecule has 3 heterocycles. The SMILES string of the molecule is O=C(C1CCCO1)N1CCN(c2cnn(-c3ccc(F)cc3F)c(=O)c2Cl)CC1. The van der Waals surface area contributed by atoms with Crippen LogP contribution in [0.4, 0.5) is 14.5 Å². The summed E-state index contributed by atoms with van der Waals surface area (Å²) in [5, 5.41) is 3.90. The Labute approximate surface area is 170 Å². The number of carbonyl (C=O) groups is 1. The third-order valence-corrected chi connectivity index (χ3v) is 5.53. The first-order valence-electron chi connectivity index (χ1n) is 9.34. The van der Waals surface area contributed by atoms with E-state index in [1.54, 1.807) is 4.90 Å². The molecule has 0 radical (unpaired) electrons. The van der Waals surface area contributed by atoms with E-state index in [1.807, 2.05) is 4.90 Å². The molecule has 0 spiro atoms. The fourth-order valence-electron chi connectivity index (χ4n) is 3.61. The number of ether oxygens (including phenoxy) is 1. The van der Waals surface area contributed by atoms with Crippen molar-refractivity contribution in [3.05, 3.63) is 51.4 Å². The molecule has 2 aliphatic rings. The molecule has 1 aromatic carbocycles. The van der Waals surface area contributed by atoms with Crippen LogP contribution in [0.25, 0.3) is 5.69 Å². The molecule has 4 rings (SSSR count). The molecule has 0 N–H and O–H groups in total. The second kappa shape index (κ2) is 8.08. The van der Waals surface area contributed by atoms with Gasteiger partial charge in [0.1, 0.15) is 22.6 Å². The highest BCUT2D eigenvalue weighted by Gasteiger charge is 2.31. The van der Waals surface area contributed by atoms with Gasteiger partial charge in [0.15, 0.2) is 5.82 Å². The van der Waals surface area contributed by atoms with Gasteiger partial charge < -0.3 is 14.5 Å². The molecule has 0 saturated carbocycles. The smallest absolute Gasteiger partial charge is 0.292 e. The Hall–Kier alpha value is -2.52. The average molecular weight is 425 g/mol. The minimum atomic E-state index is -0.912. The normalized spacial score (nSPS) is 19.6. The minimum Gasteiger partial charge on any atom is -0.368 e. The van der Waals surface area contributed by atoms with Crippen molar-refractivity contribution in [2.75, 3.05) is 37.7 Å². The molecule has 29 heavy (non-hydrogen) atoms. The Balaban J connectivity index is 1.51. The lowest BCUT2D eigenvalue weighted by Crippen LogP contribution is -2.51. The summed E-state index contributed by atoms with van der Waals surface area (Å²) < 4.78 is 33.4. The molecular formula is C19H19ClF2N4O3. The standard InChI is InChI=1S/C19H19ClF2N4O3/c20-17-15(11-23-26(19(17)28)14-4-3-12(21)10-13(14)22)24-5-7-25(8-6-24)18(27)16-2-1-9-29-16/h3-4,10-11,16H,1-2,5-9H2. The zero-order valence-electron chi connectivity index (χ0n) is 15.5. The van der Waals surface area contributed by atoms with Gasteiger partial charge in [0.25, 0.3) is 11.5 Å². The Morgan fingerprint density at radius 3 is 2.59 bits per heavy atom. The van der Waals surface area contributed by atoms with Gasteiger partial charge in [-0.05, 0) is 25.0 Å². The molecule has 1 unspecified atom stereocenters. The average Bonchev–Trinajstić information content (AvgIpc) is 3.25. The number of anilines is 1. The van der Waals surface area contributed by atoms with Gasteiger partial charge in [-0.15, -0.1) is 0 Å². The van der Waals surface area contributed by atoms with Crippen molar-refractivity contribution in [3.8, 4) is 5.69 Å². The monoisotopic (exact) mass is 424 g/mol. The fraction of sp³-hybridized carbons (Fsp3) is 0.421. The summed E-state index contributed by atoms with van der Waals surface area (Å²) in [6.07, 6.45) is 2.65. The van der Waals surface area contributed by atoms with Crippen molar-refractivity contribution in [1.82, 2.24) is 14.7 Å². The molecule has 1 amide bonds. The van der Waals surface area contributed by atoms with Crippen LogP contribution in [0, 0.1) is 11.6 Å². The van der Waals surface area contributed by atoms with E-state index in [2.05, 4.69) is 5.10 Å². The Bertz CT molecular complexity index is 986. The number of amides is 1. The highest BCUT2D eigenvalue weighted by atomic mass is 35.5. The molecule has 1 atom stereocenters. The van der Waals surface area contributed by atoms with Crippen LogP contribution in [-0.4, -0.2) is 59.5 Å². The number of aromatic nitrogens is 2. The number of rotatable bonds is 3. The van der Waals surface area contributed by atoms with Gasteiger partial charge in [0.2, 0.25) is 0 Å². The van der Waals surface area contributed by atoms with Crippen LogP contribution in [0.5, 0.6) is 0 Å². The largest absolute Gasteiger partial charge is 0.368 e. The van der Waals surface area contributed by atoms with Crippen molar-refractivity contribution < 1.29 is 18.3 Å². The van der Waals surface area contributed by atoms with Crippen molar-refractivity contribution in [2.24, 2.45) is 0 Å². The lowest BCUT2D eigenvalue weighted by Gasteiger charge is -2.37. The highest BCUT2D eigenvalue weighted by molar-refractivity contribution is 6.33. The molecule has 2 fully saturated rings. The van der Waals surface area contributed by atoms with Gasteiger partial charge in [-0.1, -0.05) is 11.6 Å². The first-order valence-corrected chi connectivity index (χ1v) is 9.72. The van der Waals surface area contributed by atoms with E-state index in [0.717, 1.165) is 29.7 Å². The molecular weight excluding hydrogens is 406 g/mol. The van der Waals surface area contributed by atoms with Crippen molar-refractivity contribution in [3.63, 3.8) is 0 Å². The molecule has 2 aromatic rings. The summed E-state index contributed by atoms with van der Waals surface area (Å²) in [6, 6.07) is 2.85. The van der Waals surface area contributed by atoms with Crippen LogP contribution in [0.1, 0.15) is 12.8 Å². The second-order valence-corrected chi connectivity index (χ2v) is 7.35. The van der Waals surface area contributed by atoms with Crippen LogP contribution in [0.3, 0.4) is 0 Å². The zero-order valence-corrected chi connectivity index (χ0v) is 16.2. The van der Waals surface area contributed by atoms with E-state index >= 15 is 0 Å². The van der Waals surface area contributed by atoms with Crippen LogP contribution in [0.15, 0.2) is 29.2 Å². The van der Waals surface area contributed by atoms with Crippen LogP contribution >= 0.6 is 11.6 Å². The van der Waals surface area contributed by atoms with Gasteiger partial charge in [-0.3, -0.25) is 9.59 Å². The molecule has 7 nitrogen and oxygen atoms in total. The molecule has 0 aliphatic carbocycles. The van der Waals surface area contributed by atoms with E-state index in [4.69, 9.17) is 16.3 Å². The third kappa shape index (κ3) is 3.84. The summed E-state index contributed by atoms with van der Waals surface area (Å²) in [4.78, 5) is 28.7. The molecule has 2 saturated heterocycles. The molecule has 154 valence electrons. The second-order valence-electron chi connectivity index (χ2n) is 6.97. The van der Waals surface area contributed by atoms with Gasteiger partial charge in [-0.2, -0.15) is 9.78 Å². The van der Waals surface area contributed by atoms with Crippen LogP contribution < -0.4 is 10.5 Å². The van der Waals surface area contributed by atoms with Crippen LogP contribution in [-0.2, 0) is 9.53 Å². The number of hydrogen-bond donors (Lipinski definition) is 0. The summed E-state index contributed by atoms with van der Waals surface area (Å²) in [5.74, 6) is -1.67. The zero-order chi connectivity index (χ0) is 20.5. The minimum absolute atomic E-state index is 0.00595. The summed E-state index contributed by atoms with van der Waals surface area (Å²) in [5.41, 5.74) is -0.469. The number of piperazine rings is 1. The molecule has 10 heteroatoms. The van der Waals surface area contributed by atoms with E-state index in [9.17, 15) is 18.4 Å². The fourth-order valence-corrected chi connectivity index (χ4v) is 3.86. The Kier molecular flexibility index (Phi) is 5.51. The molecule has 1 aromatic heterocycles. The Morgan fingerprint density at radius 1 is 1.17 bits per heavy atom. The van der Waals surface area contributed by atoms with E-state index < -0.39 is 17.2 Å². The first kappa shape index (κ1) is 19.8. The number of hydrogen-bond acceptors (Lipinski definition) is 5. The van der Waals surface area contributed by atoms with Gasteiger partial charge in [0.05, 0.1) is 11.9 Å². The van der Waals surface area contributed by atoms with E-state index in [1.165, 1.54) is 6.20 Å². The van der Waals surface area contributed by atoms with Crippen molar-refractivity contribution in [2.45, 2.75) is 18.9 Å². The number of benzene rings is 1. The maximum atomic E-state index is 14.0.